The van der Waals surface area contributed by atoms with Gasteiger partial charge in [-0.2, -0.15) is 0 Å². The fraction of sp³-hybridized carbons (Fsp3) is 0.500. The molecule has 1 aromatic heterocycles. The van der Waals surface area contributed by atoms with Crippen LogP contribution in [0.2, 0.25) is 5.02 Å². The summed E-state index contributed by atoms with van der Waals surface area (Å²) >= 11 is 6.09. The van der Waals surface area contributed by atoms with E-state index in [4.69, 9.17) is 16.7 Å². The molecule has 3 rings (SSSR count). The molecule has 0 amide bonds. The van der Waals surface area contributed by atoms with Gasteiger partial charge in [0, 0.05) is 23.7 Å². The molecule has 7 heteroatoms. The Morgan fingerprint density at radius 1 is 1.39 bits per heavy atom. The van der Waals surface area contributed by atoms with Gasteiger partial charge in [-0.15, -0.1) is 5.10 Å². The van der Waals surface area contributed by atoms with Crippen molar-refractivity contribution in [2.75, 3.05) is 19.6 Å². The Hall–Kier alpha value is -1.50. The molecule has 0 bridgehead atoms. The van der Waals surface area contributed by atoms with Gasteiger partial charge in [0.25, 0.3) is 0 Å². The molecule has 1 aliphatic rings. The lowest BCUT2D eigenvalue weighted by Gasteiger charge is -2.32. The number of rotatable bonds is 5. The number of aromatic nitrogens is 3. The van der Waals surface area contributed by atoms with Gasteiger partial charge in [0.1, 0.15) is 11.5 Å². The zero-order valence-electron chi connectivity index (χ0n) is 12.8. The maximum atomic E-state index is 13.8. The molecule has 1 fully saturated rings. The van der Waals surface area contributed by atoms with Crippen molar-refractivity contribution in [2.45, 2.75) is 31.9 Å². The predicted molar refractivity (Wildman–Crippen MR) is 85.8 cm³/mol. The van der Waals surface area contributed by atoms with Gasteiger partial charge in [0.05, 0.1) is 18.8 Å². The number of hydrogen-bond donors (Lipinski definition) is 1. The molecule has 0 aliphatic carbocycles. The molecule has 1 aliphatic heterocycles. The summed E-state index contributed by atoms with van der Waals surface area (Å²) in [5, 5.41) is 17.6. The monoisotopic (exact) mass is 338 g/mol. The van der Waals surface area contributed by atoms with Gasteiger partial charge in [-0.3, -0.25) is 0 Å². The second-order valence-electron chi connectivity index (χ2n) is 5.89. The SMILES string of the molecule is OCc1cn(C2CCCN(CCc3c(F)cccc3Cl)C2)nn1. The molecule has 0 saturated carbocycles. The van der Waals surface area contributed by atoms with E-state index in [9.17, 15) is 4.39 Å². The second-order valence-corrected chi connectivity index (χ2v) is 6.30. The normalized spacial score (nSPS) is 19.2. The van der Waals surface area contributed by atoms with E-state index < -0.39 is 0 Å². The first-order valence-electron chi connectivity index (χ1n) is 7.84. The molecule has 1 N–H and O–H groups in total. The molecule has 1 saturated heterocycles. The predicted octanol–water partition coefficient (Wildman–Crippen LogP) is 2.44. The van der Waals surface area contributed by atoms with E-state index in [1.807, 2.05) is 4.68 Å². The van der Waals surface area contributed by atoms with E-state index in [1.165, 1.54) is 6.07 Å². The van der Waals surface area contributed by atoms with Crippen LogP contribution in [-0.4, -0.2) is 44.6 Å². The highest BCUT2D eigenvalue weighted by Gasteiger charge is 2.22. The molecular formula is C16H20ClFN4O. The van der Waals surface area contributed by atoms with E-state index >= 15 is 0 Å². The number of likely N-dealkylation sites (tertiary alicyclic amines) is 1. The summed E-state index contributed by atoms with van der Waals surface area (Å²) in [6, 6.07) is 5.05. The highest BCUT2D eigenvalue weighted by Crippen LogP contribution is 2.23. The Bertz CT molecular complexity index is 643. The zero-order chi connectivity index (χ0) is 16.2. The van der Waals surface area contributed by atoms with Crippen molar-refractivity contribution >= 4 is 11.6 Å². The van der Waals surface area contributed by atoms with Gasteiger partial charge < -0.3 is 10.0 Å². The van der Waals surface area contributed by atoms with Crippen molar-refractivity contribution in [3.8, 4) is 0 Å². The van der Waals surface area contributed by atoms with Crippen molar-refractivity contribution in [2.24, 2.45) is 0 Å². The maximum Gasteiger partial charge on any atom is 0.127 e. The van der Waals surface area contributed by atoms with Crippen LogP contribution >= 0.6 is 11.6 Å². The fourth-order valence-corrected chi connectivity index (χ4v) is 3.31. The highest BCUT2D eigenvalue weighted by atomic mass is 35.5. The molecule has 2 aromatic rings. The average molecular weight is 339 g/mol. The fourth-order valence-electron chi connectivity index (χ4n) is 3.06. The van der Waals surface area contributed by atoms with Crippen molar-refractivity contribution in [3.05, 3.63) is 46.5 Å². The molecule has 2 heterocycles. The van der Waals surface area contributed by atoms with Crippen molar-refractivity contribution in [3.63, 3.8) is 0 Å². The van der Waals surface area contributed by atoms with E-state index in [-0.39, 0.29) is 18.5 Å². The quantitative estimate of drug-likeness (QED) is 0.909. The van der Waals surface area contributed by atoms with E-state index in [2.05, 4.69) is 15.2 Å². The van der Waals surface area contributed by atoms with Crippen molar-refractivity contribution in [1.29, 1.82) is 0 Å². The van der Waals surface area contributed by atoms with E-state index in [1.54, 1.807) is 18.3 Å². The summed E-state index contributed by atoms with van der Waals surface area (Å²) in [5.74, 6) is -0.241. The van der Waals surface area contributed by atoms with Crippen LogP contribution in [0.3, 0.4) is 0 Å². The Morgan fingerprint density at radius 3 is 3.00 bits per heavy atom. The standard InChI is InChI=1S/C16H20ClFN4O/c17-15-4-1-5-16(18)14(15)6-8-21-7-2-3-13(10-21)22-9-12(11-23)19-20-22/h1,4-5,9,13,23H,2-3,6-8,10-11H2. The van der Waals surface area contributed by atoms with Crippen LogP contribution in [0, 0.1) is 5.82 Å². The topological polar surface area (TPSA) is 54.2 Å². The Morgan fingerprint density at radius 2 is 2.26 bits per heavy atom. The number of nitrogens with zero attached hydrogens (tertiary/aromatic N) is 4. The first-order valence-corrected chi connectivity index (χ1v) is 8.22. The molecule has 0 radical (unpaired) electrons. The molecule has 1 aromatic carbocycles. The van der Waals surface area contributed by atoms with Crippen LogP contribution in [0.1, 0.15) is 30.1 Å². The number of benzene rings is 1. The summed E-state index contributed by atoms with van der Waals surface area (Å²) in [4.78, 5) is 2.30. The minimum atomic E-state index is -0.241. The lowest BCUT2D eigenvalue weighted by atomic mass is 10.0. The number of aliphatic hydroxyl groups is 1. The third-order valence-corrected chi connectivity index (χ3v) is 4.67. The Balaban J connectivity index is 1.60. The summed E-state index contributed by atoms with van der Waals surface area (Å²) in [6.45, 7) is 2.51. The van der Waals surface area contributed by atoms with Crippen LogP contribution in [0.5, 0.6) is 0 Å². The molecule has 124 valence electrons. The van der Waals surface area contributed by atoms with Gasteiger partial charge in [0.15, 0.2) is 0 Å². The largest absolute Gasteiger partial charge is 0.390 e. The lowest BCUT2D eigenvalue weighted by Crippen LogP contribution is -2.38. The maximum absolute atomic E-state index is 13.8. The minimum Gasteiger partial charge on any atom is -0.390 e. The minimum absolute atomic E-state index is 0.0950. The molecule has 1 unspecified atom stereocenters. The van der Waals surface area contributed by atoms with Gasteiger partial charge in [0.2, 0.25) is 0 Å². The summed E-state index contributed by atoms with van der Waals surface area (Å²) in [6.07, 6.45) is 4.48. The second kappa shape index (κ2) is 7.38. The van der Waals surface area contributed by atoms with Gasteiger partial charge in [-0.05, 0) is 37.9 Å². The zero-order valence-corrected chi connectivity index (χ0v) is 13.6. The van der Waals surface area contributed by atoms with Crippen LogP contribution in [0.25, 0.3) is 0 Å². The molecule has 0 spiro atoms. The molecule has 23 heavy (non-hydrogen) atoms. The summed E-state index contributed by atoms with van der Waals surface area (Å²) in [5.41, 5.74) is 1.17. The molecule has 1 atom stereocenters. The number of halogens is 2. The Labute approximate surface area is 139 Å². The van der Waals surface area contributed by atoms with Crippen molar-refractivity contribution in [1.82, 2.24) is 19.9 Å². The summed E-state index contributed by atoms with van der Waals surface area (Å²) < 4.78 is 15.7. The smallest absolute Gasteiger partial charge is 0.127 e. The lowest BCUT2D eigenvalue weighted by molar-refractivity contribution is 0.170. The number of piperidine rings is 1. The van der Waals surface area contributed by atoms with E-state index in [0.29, 0.717) is 22.7 Å². The van der Waals surface area contributed by atoms with Crippen LogP contribution < -0.4 is 0 Å². The number of hydrogen-bond acceptors (Lipinski definition) is 4. The molecule has 5 nitrogen and oxygen atoms in total. The van der Waals surface area contributed by atoms with Crippen LogP contribution in [0.4, 0.5) is 4.39 Å². The molecular weight excluding hydrogens is 319 g/mol. The third kappa shape index (κ3) is 3.88. The highest BCUT2D eigenvalue weighted by molar-refractivity contribution is 6.31. The van der Waals surface area contributed by atoms with Gasteiger partial charge >= 0.3 is 0 Å². The number of aliphatic hydroxyl groups excluding tert-OH is 1. The van der Waals surface area contributed by atoms with Crippen LogP contribution in [-0.2, 0) is 13.0 Å². The van der Waals surface area contributed by atoms with Gasteiger partial charge in [-0.1, -0.05) is 22.9 Å². The van der Waals surface area contributed by atoms with Gasteiger partial charge in [-0.25, -0.2) is 9.07 Å². The first kappa shape index (κ1) is 16.4. The van der Waals surface area contributed by atoms with Crippen LogP contribution in [0.15, 0.2) is 24.4 Å². The summed E-state index contributed by atoms with van der Waals surface area (Å²) in [7, 11) is 0. The third-order valence-electron chi connectivity index (χ3n) is 4.31. The van der Waals surface area contributed by atoms with E-state index in [0.717, 1.165) is 32.5 Å². The van der Waals surface area contributed by atoms with Crippen molar-refractivity contribution < 1.29 is 9.50 Å². The first-order chi connectivity index (χ1) is 11.2. The Kier molecular flexibility index (Phi) is 5.25. The average Bonchev–Trinajstić information content (AvgIpc) is 3.04.